The fourth-order valence-corrected chi connectivity index (χ4v) is 4.46. The van der Waals surface area contributed by atoms with E-state index in [0.717, 1.165) is 22.0 Å². The van der Waals surface area contributed by atoms with Gasteiger partial charge in [-0.3, -0.25) is 14.5 Å². The molecule has 0 spiro atoms. The molecule has 7 nitrogen and oxygen atoms in total. The van der Waals surface area contributed by atoms with E-state index in [4.69, 9.17) is 4.74 Å². The van der Waals surface area contributed by atoms with E-state index in [9.17, 15) is 9.59 Å². The largest absolute Gasteiger partial charge is 0.486 e. The van der Waals surface area contributed by atoms with Gasteiger partial charge in [-0.15, -0.1) is 11.3 Å². The maximum Gasteiger partial charge on any atom is 0.234 e. The van der Waals surface area contributed by atoms with E-state index < -0.39 is 0 Å². The quantitative estimate of drug-likeness (QED) is 0.512. The molecule has 1 aromatic heterocycles. The Balaban J connectivity index is 1.16. The number of aryl methyl sites for hydroxylation is 1. The topological polar surface area (TPSA) is 74.8 Å². The molecule has 0 saturated carbocycles. The molecule has 1 fully saturated rings. The van der Waals surface area contributed by atoms with Gasteiger partial charge in [-0.25, -0.2) is 4.98 Å². The summed E-state index contributed by atoms with van der Waals surface area (Å²) in [5.74, 6) is 0.890. The molecule has 2 amide bonds. The predicted molar refractivity (Wildman–Crippen MR) is 133 cm³/mol. The zero-order valence-corrected chi connectivity index (χ0v) is 20.2. The summed E-state index contributed by atoms with van der Waals surface area (Å²) in [6, 6.07) is 17.8. The van der Waals surface area contributed by atoms with Gasteiger partial charge in [-0.1, -0.05) is 48.0 Å². The van der Waals surface area contributed by atoms with Crippen LogP contribution in [0.4, 0.5) is 0 Å². The minimum atomic E-state index is 0.00601. The molecule has 2 heterocycles. The van der Waals surface area contributed by atoms with E-state index in [1.54, 1.807) is 0 Å². The van der Waals surface area contributed by atoms with E-state index >= 15 is 0 Å². The Morgan fingerprint density at radius 1 is 1.03 bits per heavy atom. The molecule has 8 heteroatoms. The van der Waals surface area contributed by atoms with Crippen molar-refractivity contribution in [3.05, 3.63) is 81.8 Å². The fraction of sp³-hybridized carbons (Fsp3) is 0.346. The van der Waals surface area contributed by atoms with Gasteiger partial charge in [-0.05, 0) is 24.6 Å². The zero-order valence-electron chi connectivity index (χ0n) is 19.4. The third kappa shape index (κ3) is 7.13. The molecule has 0 atom stereocenters. The fourth-order valence-electron chi connectivity index (χ4n) is 3.75. The first kappa shape index (κ1) is 23.9. The molecule has 0 bridgehead atoms. The maximum atomic E-state index is 12.7. The Labute approximate surface area is 204 Å². The SMILES string of the molecule is Cc1ccc(OCc2nc(CC(=O)N3CCN(CC(=O)NCc4ccccc4)CC3)cs2)cc1. The highest BCUT2D eigenvalue weighted by Crippen LogP contribution is 2.17. The lowest BCUT2D eigenvalue weighted by Crippen LogP contribution is -2.51. The van der Waals surface area contributed by atoms with Crippen molar-refractivity contribution in [2.45, 2.75) is 26.5 Å². The van der Waals surface area contributed by atoms with E-state index in [2.05, 4.69) is 15.2 Å². The Morgan fingerprint density at radius 2 is 1.76 bits per heavy atom. The Bertz CT molecular complexity index is 1080. The van der Waals surface area contributed by atoms with Crippen LogP contribution in [-0.2, 0) is 29.2 Å². The van der Waals surface area contributed by atoms with Crippen molar-refractivity contribution in [2.24, 2.45) is 0 Å². The number of nitrogens with one attached hydrogen (secondary N) is 1. The van der Waals surface area contributed by atoms with Gasteiger partial charge >= 0.3 is 0 Å². The van der Waals surface area contributed by atoms with Gasteiger partial charge in [0.05, 0.1) is 18.7 Å². The van der Waals surface area contributed by atoms with Crippen LogP contribution < -0.4 is 10.1 Å². The second-order valence-corrected chi connectivity index (χ2v) is 9.37. The van der Waals surface area contributed by atoms with E-state index in [-0.39, 0.29) is 11.8 Å². The van der Waals surface area contributed by atoms with E-state index in [1.165, 1.54) is 16.9 Å². The Morgan fingerprint density at radius 3 is 2.50 bits per heavy atom. The minimum Gasteiger partial charge on any atom is -0.486 e. The number of carbonyl (C=O) groups excluding carboxylic acids is 2. The number of benzene rings is 2. The average Bonchev–Trinajstić information content (AvgIpc) is 3.30. The second kappa shape index (κ2) is 11.8. The molecule has 1 aliphatic rings. The van der Waals surface area contributed by atoms with Crippen molar-refractivity contribution in [1.82, 2.24) is 20.1 Å². The lowest BCUT2D eigenvalue weighted by atomic mass is 10.2. The van der Waals surface area contributed by atoms with Gasteiger partial charge in [0, 0.05) is 38.1 Å². The van der Waals surface area contributed by atoms with Crippen molar-refractivity contribution >= 4 is 23.2 Å². The summed E-state index contributed by atoms with van der Waals surface area (Å²) >= 11 is 1.51. The molecule has 0 aliphatic carbocycles. The molecular weight excluding hydrogens is 448 g/mol. The molecule has 34 heavy (non-hydrogen) atoms. The van der Waals surface area contributed by atoms with E-state index in [0.29, 0.717) is 52.3 Å². The molecule has 4 rings (SSSR count). The molecule has 3 aromatic rings. The molecule has 1 saturated heterocycles. The van der Waals surface area contributed by atoms with Crippen molar-refractivity contribution in [3.63, 3.8) is 0 Å². The van der Waals surface area contributed by atoms with Gasteiger partial charge in [0.1, 0.15) is 17.4 Å². The van der Waals surface area contributed by atoms with Gasteiger partial charge < -0.3 is 15.0 Å². The van der Waals surface area contributed by atoms with Crippen LogP contribution in [0.1, 0.15) is 21.8 Å². The van der Waals surface area contributed by atoms with Gasteiger partial charge in [0.2, 0.25) is 11.8 Å². The minimum absolute atomic E-state index is 0.00601. The summed E-state index contributed by atoms with van der Waals surface area (Å²) in [6.45, 7) is 5.95. The molecular formula is C26H30N4O3S. The number of piperazine rings is 1. The summed E-state index contributed by atoms with van der Waals surface area (Å²) in [4.78, 5) is 33.5. The first-order valence-electron chi connectivity index (χ1n) is 11.5. The van der Waals surface area contributed by atoms with Crippen molar-refractivity contribution in [2.75, 3.05) is 32.7 Å². The smallest absolute Gasteiger partial charge is 0.234 e. The Hall–Kier alpha value is -3.23. The third-order valence-electron chi connectivity index (χ3n) is 5.74. The second-order valence-electron chi connectivity index (χ2n) is 8.43. The first-order chi connectivity index (χ1) is 16.5. The Kier molecular flexibility index (Phi) is 8.27. The van der Waals surface area contributed by atoms with Crippen LogP contribution in [0.15, 0.2) is 60.0 Å². The summed E-state index contributed by atoms with van der Waals surface area (Å²) < 4.78 is 5.78. The van der Waals surface area contributed by atoms with E-state index in [1.807, 2.05) is 71.8 Å². The molecule has 2 aromatic carbocycles. The molecule has 0 radical (unpaired) electrons. The molecule has 1 aliphatic heterocycles. The van der Waals surface area contributed by atoms with Gasteiger partial charge in [0.15, 0.2) is 0 Å². The number of ether oxygens (including phenoxy) is 1. The van der Waals surface area contributed by atoms with Gasteiger partial charge in [0.25, 0.3) is 0 Å². The lowest BCUT2D eigenvalue weighted by molar-refractivity contribution is -0.132. The average molecular weight is 479 g/mol. The number of rotatable bonds is 9. The summed E-state index contributed by atoms with van der Waals surface area (Å²) in [5, 5.41) is 5.75. The maximum absolute atomic E-state index is 12.7. The normalized spacial score (nSPS) is 14.1. The van der Waals surface area contributed by atoms with Crippen LogP contribution in [0.5, 0.6) is 5.75 Å². The van der Waals surface area contributed by atoms with Crippen molar-refractivity contribution in [1.29, 1.82) is 0 Å². The highest BCUT2D eigenvalue weighted by Gasteiger charge is 2.23. The molecule has 0 unspecified atom stereocenters. The van der Waals surface area contributed by atoms with Crippen LogP contribution in [0.3, 0.4) is 0 Å². The number of amides is 2. The third-order valence-corrected chi connectivity index (χ3v) is 6.61. The molecule has 1 N–H and O–H groups in total. The van der Waals surface area contributed by atoms with Crippen molar-refractivity contribution < 1.29 is 14.3 Å². The predicted octanol–water partition coefficient (Wildman–Crippen LogP) is 3.03. The number of hydrogen-bond donors (Lipinski definition) is 1. The number of carbonyl (C=O) groups is 2. The van der Waals surface area contributed by atoms with Crippen LogP contribution in [-0.4, -0.2) is 59.3 Å². The number of aromatic nitrogens is 1. The van der Waals surface area contributed by atoms with Crippen LogP contribution >= 0.6 is 11.3 Å². The van der Waals surface area contributed by atoms with Gasteiger partial charge in [-0.2, -0.15) is 0 Å². The van der Waals surface area contributed by atoms with Crippen LogP contribution in [0.25, 0.3) is 0 Å². The number of thiazole rings is 1. The van der Waals surface area contributed by atoms with Crippen molar-refractivity contribution in [3.8, 4) is 5.75 Å². The summed E-state index contributed by atoms with van der Waals surface area (Å²) in [6.07, 6.45) is 0.290. The standard InChI is InChI=1S/C26H30N4O3S/c1-20-7-9-23(10-8-20)33-18-25-28-22(19-34-25)15-26(32)30-13-11-29(12-14-30)17-24(31)27-16-21-5-3-2-4-6-21/h2-10,19H,11-18H2,1H3,(H,27,31). The lowest BCUT2D eigenvalue weighted by Gasteiger charge is -2.34. The first-order valence-corrected chi connectivity index (χ1v) is 12.4. The zero-order chi connectivity index (χ0) is 23.8. The number of hydrogen-bond acceptors (Lipinski definition) is 6. The van der Waals surface area contributed by atoms with Crippen LogP contribution in [0, 0.1) is 6.92 Å². The molecule has 178 valence electrons. The highest BCUT2D eigenvalue weighted by atomic mass is 32.1. The summed E-state index contributed by atoms with van der Waals surface area (Å²) in [5.41, 5.74) is 3.05. The monoisotopic (exact) mass is 478 g/mol. The van der Waals surface area contributed by atoms with Crippen LogP contribution in [0.2, 0.25) is 0 Å². The summed E-state index contributed by atoms with van der Waals surface area (Å²) in [7, 11) is 0. The number of nitrogens with zero attached hydrogens (tertiary/aromatic N) is 3. The highest BCUT2D eigenvalue weighted by molar-refractivity contribution is 7.09.